The maximum Gasteiger partial charge on any atom is 0.231 e. The lowest BCUT2D eigenvalue weighted by molar-refractivity contribution is -0.122. The van der Waals surface area contributed by atoms with E-state index in [-0.39, 0.29) is 31.5 Å². The Balaban J connectivity index is 1.57. The molecule has 0 aromatic heterocycles. The highest BCUT2D eigenvalue weighted by molar-refractivity contribution is 5.78. The molecule has 0 spiro atoms. The molecule has 0 fully saturated rings. The van der Waals surface area contributed by atoms with Crippen LogP contribution < -0.4 is 19.5 Å². The number of ether oxygens (including phenoxy) is 3. The van der Waals surface area contributed by atoms with Crippen molar-refractivity contribution in [3.8, 4) is 23.0 Å². The van der Waals surface area contributed by atoms with Crippen LogP contribution in [0.1, 0.15) is 29.0 Å². The number of phenolic OH excluding ortho intramolecular Hbond substituents is 1. The number of aromatic hydroxyl groups is 1. The summed E-state index contributed by atoms with van der Waals surface area (Å²) in [6, 6.07) is 19.9. The van der Waals surface area contributed by atoms with Crippen molar-refractivity contribution in [3.63, 3.8) is 0 Å². The fourth-order valence-electron chi connectivity index (χ4n) is 4.00. The van der Waals surface area contributed by atoms with Gasteiger partial charge in [0.05, 0.1) is 19.8 Å². The van der Waals surface area contributed by atoms with Gasteiger partial charge < -0.3 is 29.7 Å². The van der Waals surface area contributed by atoms with Gasteiger partial charge in [0, 0.05) is 24.0 Å². The number of rotatable bonds is 9. The lowest BCUT2D eigenvalue weighted by Gasteiger charge is -2.22. The third kappa shape index (κ3) is 5.38. The van der Waals surface area contributed by atoms with E-state index in [0.717, 1.165) is 11.1 Å². The molecule has 0 radical (unpaired) electrons. The van der Waals surface area contributed by atoms with Crippen molar-refractivity contribution in [2.24, 2.45) is 0 Å². The number of methoxy groups -OCH3 is 1. The van der Waals surface area contributed by atoms with Gasteiger partial charge >= 0.3 is 0 Å². The summed E-state index contributed by atoms with van der Waals surface area (Å²) in [5.74, 6) is 1.04. The first kappa shape index (κ1) is 22.5. The molecule has 0 aliphatic carbocycles. The Labute approximate surface area is 192 Å². The fraction of sp³-hybridized carbons (Fsp3) is 0.269. The van der Waals surface area contributed by atoms with E-state index in [2.05, 4.69) is 5.32 Å². The maximum absolute atomic E-state index is 13.0. The largest absolute Gasteiger partial charge is 0.508 e. The summed E-state index contributed by atoms with van der Waals surface area (Å²) in [7, 11) is 1.59. The number of hydrogen-bond donors (Lipinski definition) is 3. The van der Waals surface area contributed by atoms with Crippen LogP contribution in [-0.2, 0) is 11.2 Å². The van der Waals surface area contributed by atoms with Crippen molar-refractivity contribution in [3.05, 3.63) is 83.4 Å². The van der Waals surface area contributed by atoms with Crippen LogP contribution in [0.25, 0.3) is 0 Å². The second-order valence-corrected chi connectivity index (χ2v) is 7.93. The van der Waals surface area contributed by atoms with E-state index in [0.29, 0.717) is 29.2 Å². The van der Waals surface area contributed by atoms with Crippen LogP contribution >= 0.6 is 0 Å². The Morgan fingerprint density at radius 2 is 1.76 bits per heavy atom. The first-order chi connectivity index (χ1) is 16.1. The zero-order valence-corrected chi connectivity index (χ0v) is 18.4. The van der Waals surface area contributed by atoms with Crippen LogP contribution in [0.15, 0.2) is 66.7 Å². The van der Waals surface area contributed by atoms with Gasteiger partial charge in [-0.25, -0.2) is 0 Å². The highest BCUT2D eigenvalue weighted by Gasteiger charge is 2.26. The first-order valence-electron chi connectivity index (χ1n) is 10.8. The van der Waals surface area contributed by atoms with Gasteiger partial charge in [0.15, 0.2) is 11.5 Å². The Morgan fingerprint density at radius 3 is 2.42 bits per heavy atom. The van der Waals surface area contributed by atoms with Gasteiger partial charge in [-0.2, -0.15) is 0 Å². The Bertz CT molecular complexity index is 1080. The molecule has 0 bridgehead atoms. The third-order valence-corrected chi connectivity index (χ3v) is 5.72. The zero-order chi connectivity index (χ0) is 23.2. The molecule has 2 atom stereocenters. The van der Waals surface area contributed by atoms with Crippen molar-refractivity contribution in [2.45, 2.75) is 24.8 Å². The monoisotopic (exact) mass is 449 g/mol. The number of benzene rings is 3. The van der Waals surface area contributed by atoms with E-state index in [1.165, 1.54) is 6.07 Å². The van der Waals surface area contributed by atoms with E-state index < -0.39 is 12.0 Å². The van der Waals surface area contributed by atoms with Crippen LogP contribution in [0.4, 0.5) is 0 Å². The SMILES string of the molecule is COc1ccc(C(CC(=O)N[C@H](CO)Cc2ccccc2)c2cc3c(cc2O)OCO3)cc1. The molecule has 1 amide bonds. The lowest BCUT2D eigenvalue weighted by Crippen LogP contribution is -2.39. The zero-order valence-electron chi connectivity index (χ0n) is 18.4. The standard InChI is InChI=1S/C26H27NO6/c1-31-20-9-7-18(8-10-20)21(22-12-24-25(14-23(22)29)33-16-32-24)13-26(30)27-19(15-28)11-17-5-3-2-4-6-17/h2-10,12,14,19,21,28-29H,11,13,15-16H2,1H3,(H,27,30)/t19-,21?/m0/s1. The summed E-state index contributed by atoms with van der Waals surface area (Å²) >= 11 is 0. The van der Waals surface area contributed by atoms with E-state index in [1.54, 1.807) is 13.2 Å². The van der Waals surface area contributed by atoms with Crippen molar-refractivity contribution >= 4 is 5.91 Å². The van der Waals surface area contributed by atoms with Gasteiger partial charge in [0.2, 0.25) is 12.7 Å². The van der Waals surface area contributed by atoms with Gasteiger partial charge in [-0.05, 0) is 35.7 Å². The molecule has 1 aliphatic rings. The van der Waals surface area contributed by atoms with Crippen molar-refractivity contribution in [1.82, 2.24) is 5.32 Å². The molecular formula is C26H27NO6. The number of aliphatic hydroxyl groups excluding tert-OH is 1. The lowest BCUT2D eigenvalue weighted by atomic mass is 9.87. The fourth-order valence-corrected chi connectivity index (χ4v) is 4.00. The van der Waals surface area contributed by atoms with Crippen molar-refractivity contribution in [1.29, 1.82) is 0 Å². The normalized spacial score (nSPS) is 13.9. The summed E-state index contributed by atoms with van der Waals surface area (Å²) in [6.07, 6.45) is 0.594. The third-order valence-electron chi connectivity index (χ3n) is 5.72. The first-order valence-corrected chi connectivity index (χ1v) is 10.8. The quantitative estimate of drug-likeness (QED) is 0.464. The Hall–Kier alpha value is -3.71. The number of hydrogen-bond acceptors (Lipinski definition) is 6. The number of amides is 1. The topological polar surface area (TPSA) is 97.3 Å². The number of carbonyl (C=O) groups excluding carboxylic acids is 1. The maximum atomic E-state index is 13.0. The molecule has 7 heteroatoms. The molecule has 3 aromatic carbocycles. The molecule has 4 rings (SSSR count). The Morgan fingerprint density at radius 1 is 1.06 bits per heavy atom. The molecule has 1 aliphatic heterocycles. The van der Waals surface area contributed by atoms with Gasteiger partial charge in [-0.1, -0.05) is 42.5 Å². The second kappa shape index (κ2) is 10.3. The molecule has 7 nitrogen and oxygen atoms in total. The molecular weight excluding hydrogens is 422 g/mol. The van der Waals surface area contributed by atoms with Crippen LogP contribution in [0.2, 0.25) is 0 Å². The number of fused-ring (bicyclic) bond motifs is 1. The number of aliphatic hydroxyl groups is 1. The molecule has 33 heavy (non-hydrogen) atoms. The highest BCUT2D eigenvalue weighted by atomic mass is 16.7. The van der Waals surface area contributed by atoms with Crippen molar-refractivity contribution < 1.29 is 29.2 Å². The smallest absolute Gasteiger partial charge is 0.231 e. The van der Waals surface area contributed by atoms with E-state index >= 15 is 0 Å². The van der Waals surface area contributed by atoms with Gasteiger partial charge in [-0.3, -0.25) is 4.79 Å². The summed E-state index contributed by atoms with van der Waals surface area (Å²) in [5.41, 5.74) is 2.42. The molecule has 0 saturated heterocycles. The van der Waals surface area contributed by atoms with Crippen LogP contribution in [0, 0.1) is 0 Å². The summed E-state index contributed by atoms with van der Waals surface area (Å²) in [5, 5.41) is 23.5. The average Bonchev–Trinajstić information content (AvgIpc) is 3.29. The van der Waals surface area contributed by atoms with Gasteiger partial charge in [0.25, 0.3) is 0 Å². The summed E-state index contributed by atoms with van der Waals surface area (Å²) in [4.78, 5) is 13.0. The van der Waals surface area contributed by atoms with Crippen LogP contribution in [-0.4, -0.2) is 42.7 Å². The molecule has 172 valence electrons. The number of nitrogens with one attached hydrogen (secondary N) is 1. The predicted molar refractivity (Wildman–Crippen MR) is 123 cm³/mol. The molecule has 0 saturated carbocycles. The number of carbonyl (C=O) groups is 1. The molecule has 1 unspecified atom stereocenters. The number of phenols is 1. The van der Waals surface area contributed by atoms with E-state index in [4.69, 9.17) is 14.2 Å². The van der Waals surface area contributed by atoms with Gasteiger partial charge in [0.1, 0.15) is 11.5 Å². The summed E-state index contributed by atoms with van der Waals surface area (Å²) < 4.78 is 16.1. The van der Waals surface area contributed by atoms with E-state index in [1.807, 2.05) is 54.6 Å². The highest BCUT2D eigenvalue weighted by Crippen LogP contribution is 2.43. The van der Waals surface area contributed by atoms with Crippen LogP contribution in [0.3, 0.4) is 0 Å². The predicted octanol–water partition coefficient (Wildman–Crippen LogP) is 3.37. The average molecular weight is 450 g/mol. The minimum Gasteiger partial charge on any atom is -0.508 e. The minimum atomic E-state index is -0.443. The van der Waals surface area contributed by atoms with Crippen molar-refractivity contribution in [2.75, 3.05) is 20.5 Å². The van der Waals surface area contributed by atoms with Crippen LogP contribution in [0.5, 0.6) is 23.0 Å². The minimum absolute atomic E-state index is 0.0239. The van der Waals surface area contributed by atoms with Gasteiger partial charge in [-0.15, -0.1) is 0 Å². The second-order valence-electron chi connectivity index (χ2n) is 7.93. The molecule has 3 N–H and O–H groups in total. The van der Waals surface area contributed by atoms with E-state index in [9.17, 15) is 15.0 Å². The summed E-state index contributed by atoms with van der Waals surface area (Å²) in [6.45, 7) is -0.0906. The molecule has 1 heterocycles. The Kier molecular flexibility index (Phi) is 7.00. The molecule has 3 aromatic rings.